The predicted molar refractivity (Wildman–Crippen MR) is 112 cm³/mol. The van der Waals surface area contributed by atoms with Crippen molar-refractivity contribution in [2.24, 2.45) is 5.92 Å². The van der Waals surface area contributed by atoms with Crippen molar-refractivity contribution < 1.29 is 19.1 Å². The van der Waals surface area contributed by atoms with Gasteiger partial charge in [-0.2, -0.15) is 0 Å². The highest BCUT2D eigenvalue weighted by atomic mass is 32.1. The van der Waals surface area contributed by atoms with Crippen molar-refractivity contribution in [1.29, 1.82) is 0 Å². The molecule has 3 rings (SSSR count). The molecule has 2 aromatic rings. The van der Waals surface area contributed by atoms with Crippen LogP contribution in [0.1, 0.15) is 65.3 Å². The average molecular weight is 402 g/mol. The number of rotatable bonds is 6. The van der Waals surface area contributed by atoms with Gasteiger partial charge in [0.15, 0.2) is 0 Å². The van der Waals surface area contributed by atoms with Gasteiger partial charge in [-0.05, 0) is 75.8 Å². The van der Waals surface area contributed by atoms with Crippen molar-refractivity contribution >= 4 is 28.2 Å². The van der Waals surface area contributed by atoms with Gasteiger partial charge < -0.3 is 14.8 Å². The maximum absolute atomic E-state index is 12.8. The number of anilines is 1. The minimum atomic E-state index is -0.357. The van der Waals surface area contributed by atoms with Gasteiger partial charge in [-0.3, -0.25) is 4.79 Å². The van der Waals surface area contributed by atoms with Gasteiger partial charge in [-0.1, -0.05) is 6.92 Å². The van der Waals surface area contributed by atoms with Crippen molar-refractivity contribution in [2.75, 3.05) is 11.9 Å². The minimum absolute atomic E-state index is 0.208. The lowest BCUT2D eigenvalue weighted by Gasteiger charge is -2.18. The summed E-state index contributed by atoms with van der Waals surface area (Å²) in [5.74, 6) is 0.702. The number of ether oxygens (including phenoxy) is 2. The van der Waals surface area contributed by atoms with Crippen LogP contribution < -0.4 is 10.1 Å². The van der Waals surface area contributed by atoms with Gasteiger partial charge in [0.2, 0.25) is 0 Å². The van der Waals surface area contributed by atoms with Crippen LogP contribution in [0, 0.1) is 5.92 Å². The van der Waals surface area contributed by atoms with Gasteiger partial charge in [0, 0.05) is 10.4 Å². The monoisotopic (exact) mass is 401 g/mol. The van der Waals surface area contributed by atoms with Gasteiger partial charge in [-0.25, -0.2) is 4.79 Å². The largest absolute Gasteiger partial charge is 0.494 e. The number of amides is 1. The summed E-state index contributed by atoms with van der Waals surface area (Å²) < 4.78 is 10.9. The molecular weight excluding hydrogens is 374 g/mol. The van der Waals surface area contributed by atoms with Crippen LogP contribution in [-0.2, 0) is 17.6 Å². The number of fused-ring (bicyclic) bond motifs is 1. The number of esters is 1. The van der Waals surface area contributed by atoms with E-state index in [1.165, 1.54) is 16.2 Å². The van der Waals surface area contributed by atoms with E-state index in [2.05, 4.69) is 12.2 Å². The lowest BCUT2D eigenvalue weighted by atomic mass is 9.88. The van der Waals surface area contributed by atoms with Gasteiger partial charge in [0.25, 0.3) is 5.91 Å². The van der Waals surface area contributed by atoms with Crippen LogP contribution in [0.3, 0.4) is 0 Å². The highest BCUT2D eigenvalue weighted by Gasteiger charge is 2.29. The van der Waals surface area contributed by atoms with Gasteiger partial charge in [0.1, 0.15) is 10.8 Å². The molecule has 6 heteroatoms. The van der Waals surface area contributed by atoms with E-state index in [9.17, 15) is 9.59 Å². The first kappa shape index (κ1) is 20.4. The van der Waals surface area contributed by atoms with E-state index in [0.717, 1.165) is 30.6 Å². The lowest BCUT2D eigenvalue weighted by Crippen LogP contribution is -2.18. The molecular formula is C22H27NO4S. The third kappa shape index (κ3) is 4.55. The van der Waals surface area contributed by atoms with Crippen LogP contribution in [0.25, 0.3) is 0 Å². The molecule has 5 nitrogen and oxygen atoms in total. The van der Waals surface area contributed by atoms with Crippen molar-refractivity contribution in [3.05, 3.63) is 45.8 Å². The van der Waals surface area contributed by atoms with Crippen molar-refractivity contribution in [3.8, 4) is 5.75 Å². The molecule has 0 spiro atoms. The first-order chi connectivity index (χ1) is 13.4. The Bertz CT molecular complexity index is 854. The molecule has 1 aliphatic carbocycles. The fourth-order valence-corrected chi connectivity index (χ4v) is 4.77. The smallest absolute Gasteiger partial charge is 0.341 e. The number of carbonyl (C=O) groups is 2. The van der Waals surface area contributed by atoms with Crippen molar-refractivity contribution in [3.63, 3.8) is 0 Å². The molecule has 0 unspecified atom stereocenters. The minimum Gasteiger partial charge on any atom is -0.494 e. The Kier molecular flexibility index (Phi) is 6.39. The Hall–Kier alpha value is -2.34. The molecule has 0 saturated heterocycles. The van der Waals surface area contributed by atoms with Crippen LogP contribution in [-0.4, -0.2) is 24.6 Å². The zero-order valence-corrected chi connectivity index (χ0v) is 17.7. The van der Waals surface area contributed by atoms with Gasteiger partial charge in [0.05, 0.1) is 18.3 Å². The second kappa shape index (κ2) is 8.78. The van der Waals surface area contributed by atoms with Crippen LogP contribution in [0.4, 0.5) is 5.00 Å². The lowest BCUT2D eigenvalue weighted by molar-refractivity contribution is 0.0378. The fraction of sp³-hybridized carbons (Fsp3) is 0.455. The SMILES string of the molecule is CCOc1ccc(C(=O)Nc2sc3c(c2C(=O)OC(C)C)CC[C@@H](C)C3)cc1. The summed E-state index contributed by atoms with van der Waals surface area (Å²) in [6.07, 6.45) is 2.60. The number of carbonyl (C=O) groups excluding carboxylic acids is 2. The molecule has 0 saturated carbocycles. The Labute approximate surface area is 170 Å². The quantitative estimate of drug-likeness (QED) is 0.685. The molecule has 0 bridgehead atoms. The number of hydrogen-bond acceptors (Lipinski definition) is 5. The summed E-state index contributed by atoms with van der Waals surface area (Å²) in [5.41, 5.74) is 2.09. The first-order valence-corrected chi connectivity index (χ1v) is 10.6. The Morgan fingerprint density at radius 3 is 2.61 bits per heavy atom. The Balaban J connectivity index is 1.87. The molecule has 1 aromatic carbocycles. The number of benzene rings is 1. The highest BCUT2D eigenvalue weighted by molar-refractivity contribution is 7.17. The zero-order valence-electron chi connectivity index (χ0n) is 16.8. The van der Waals surface area contributed by atoms with E-state index in [4.69, 9.17) is 9.47 Å². The van der Waals surface area contributed by atoms with Crippen molar-refractivity contribution in [1.82, 2.24) is 0 Å². The predicted octanol–water partition coefficient (Wildman–Crippen LogP) is 5.09. The maximum Gasteiger partial charge on any atom is 0.341 e. The maximum atomic E-state index is 12.8. The first-order valence-electron chi connectivity index (χ1n) is 9.78. The Morgan fingerprint density at radius 2 is 1.96 bits per heavy atom. The molecule has 1 heterocycles. The standard InChI is InChI=1S/C22H27NO4S/c1-5-26-16-9-7-15(8-10-16)20(24)23-21-19(22(25)27-13(2)3)17-11-6-14(4)12-18(17)28-21/h7-10,13-14H,5-6,11-12H2,1-4H3,(H,23,24)/t14-/m1/s1. The van der Waals surface area contributed by atoms with Gasteiger partial charge in [-0.15, -0.1) is 11.3 Å². The number of nitrogens with one attached hydrogen (secondary N) is 1. The van der Waals surface area contributed by atoms with E-state index < -0.39 is 0 Å². The average Bonchev–Trinajstić information content (AvgIpc) is 2.98. The summed E-state index contributed by atoms with van der Waals surface area (Å²) in [6, 6.07) is 6.99. The fourth-order valence-electron chi connectivity index (χ4n) is 3.37. The molecule has 0 radical (unpaired) electrons. The molecule has 1 atom stereocenters. The molecule has 1 N–H and O–H groups in total. The molecule has 1 aliphatic rings. The van der Waals surface area contributed by atoms with E-state index in [0.29, 0.717) is 28.7 Å². The van der Waals surface area contributed by atoms with Crippen LogP contribution in [0.2, 0.25) is 0 Å². The summed E-state index contributed by atoms with van der Waals surface area (Å²) in [4.78, 5) is 26.7. The second-order valence-electron chi connectivity index (χ2n) is 7.42. The van der Waals surface area contributed by atoms with E-state index in [1.54, 1.807) is 24.3 Å². The van der Waals surface area contributed by atoms with Gasteiger partial charge >= 0.3 is 5.97 Å². The highest BCUT2D eigenvalue weighted by Crippen LogP contribution is 2.40. The summed E-state index contributed by atoms with van der Waals surface area (Å²) in [6.45, 7) is 8.37. The molecule has 150 valence electrons. The molecule has 1 aromatic heterocycles. The zero-order chi connectivity index (χ0) is 20.3. The van der Waals surface area contributed by atoms with E-state index >= 15 is 0 Å². The number of thiophene rings is 1. The van der Waals surface area contributed by atoms with Crippen molar-refractivity contribution in [2.45, 2.75) is 53.1 Å². The molecule has 0 fully saturated rings. The van der Waals surface area contributed by atoms with E-state index in [1.807, 2.05) is 20.8 Å². The molecule has 1 amide bonds. The summed E-state index contributed by atoms with van der Waals surface area (Å²) in [7, 11) is 0. The normalized spacial score (nSPS) is 15.8. The topological polar surface area (TPSA) is 64.6 Å². The van der Waals surface area contributed by atoms with Crippen LogP contribution >= 0.6 is 11.3 Å². The third-order valence-electron chi connectivity index (χ3n) is 4.71. The van der Waals surface area contributed by atoms with E-state index in [-0.39, 0.29) is 18.0 Å². The van der Waals surface area contributed by atoms with Crippen LogP contribution in [0.5, 0.6) is 5.75 Å². The van der Waals surface area contributed by atoms with Crippen LogP contribution in [0.15, 0.2) is 24.3 Å². The number of hydrogen-bond donors (Lipinski definition) is 1. The summed E-state index contributed by atoms with van der Waals surface area (Å²) >= 11 is 1.50. The third-order valence-corrected chi connectivity index (χ3v) is 5.88. The molecule has 28 heavy (non-hydrogen) atoms. The summed E-state index contributed by atoms with van der Waals surface area (Å²) in [5, 5.41) is 3.53. The molecule has 0 aliphatic heterocycles. The second-order valence-corrected chi connectivity index (χ2v) is 8.53. The Morgan fingerprint density at radius 1 is 1.25 bits per heavy atom.